The maximum Gasteiger partial charge on any atom is 0.223 e. The zero-order valence-electron chi connectivity index (χ0n) is 14.8. The van der Waals surface area contributed by atoms with E-state index in [0.717, 1.165) is 37.4 Å². The van der Waals surface area contributed by atoms with Crippen LogP contribution in [0, 0.1) is 5.92 Å². The van der Waals surface area contributed by atoms with Crippen LogP contribution in [-0.4, -0.2) is 48.9 Å². The minimum atomic E-state index is 0.0207. The molecule has 0 spiro atoms. The van der Waals surface area contributed by atoms with Gasteiger partial charge in [-0.25, -0.2) is 9.67 Å². The Morgan fingerprint density at radius 2 is 1.93 bits per heavy atom. The fraction of sp³-hybridized carbons (Fsp3) is 0.333. The number of anilines is 1. The third-order valence-corrected chi connectivity index (χ3v) is 4.65. The summed E-state index contributed by atoms with van der Waals surface area (Å²) < 4.78 is 1.56. The average Bonchev–Trinajstić information content (AvgIpc) is 3.28. The van der Waals surface area contributed by atoms with E-state index in [2.05, 4.69) is 35.5 Å². The van der Waals surface area contributed by atoms with Crippen LogP contribution in [0.5, 0.6) is 0 Å². The fourth-order valence-electron chi connectivity index (χ4n) is 3.13. The quantitative estimate of drug-likeness (QED) is 0.720. The number of carbonyl (C=O) groups is 1. The summed E-state index contributed by atoms with van der Waals surface area (Å²) in [7, 11) is 0. The molecule has 9 heteroatoms. The summed E-state index contributed by atoms with van der Waals surface area (Å²) in [5.41, 5.74) is 0.867. The van der Waals surface area contributed by atoms with Crippen molar-refractivity contribution in [1.29, 1.82) is 0 Å². The van der Waals surface area contributed by atoms with Crippen molar-refractivity contribution in [2.45, 2.75) is 19.4 Å². The maximum absolute atomic E-state index is 12.4. The first-order chi connectivity index (χ1) is 13.3. The van der Waals surface area contributed by atoms with E-state index in [1.807, 2.05) is 30.3 Å². The van der Waals surface area contributed by atoms with Crippen LogP contribution in [0.1, 0.15) is 18.5 Å². The lowest BCUT2D eigenvalue weighted by atomic mass is 9.96. The van der Waals surface area contributed by atoms with Crippen LogP contribution in [-0.2, 0) is 11.3 Å². The molecule has 1 aliphatic rings. The summed E-state index contributed by atoms with van der Waals surface area (Å²) in [5.74, 6) is 1.55. The molecule has 3 aromatic rings. The van der Waals surface area contributed by atoms with Crippen LogP contribution in [0.2, 0.25) is 0 Å². The van der Waals surface area contributed by atoms with E-state index in [0.29, 0.717) is 12.4 Å². The van der Waals surface area contributed by atoms with Gasteiger partial charge in [0.05, 0.1) is 12.2 Å². The molecule has 0 saturated carbocycles. The van der Waals surface area contributed by atoms with E-state index in [4.69, 9.17) is 0 Å². The Hall–Kier alpha value is -3.36. The SMILES string of the molecule is O=C(NCc1ccccn1)C1CCN(c2ccc(-n3cncn3)nn2)CC1. The number of nitrogens with one attached hydrogen (secondary N) is 1. The van der Waals surface area contributed by atoms with Gasteiger partial charge in [-0.1, -0.05) is 6.07 Å². The van der Waals surface area contributed by atoms with Gasteiger partial charge in [0, 0.05) is 25.2 Å². The van der Waals surface area contributed by atoms with Gasteiger partial charge >= 0.3 is 0 Å². The Balaban J connectivity index is 1.29. The van der Waals surface area contributed by atoms with Crippen molar-refractivity contribution in [1.82, 2.24) is 35.3 Å². The van der Waals surface area contributed by atoms with Crippen LogP contribution in [0.15, 0.2) is 49.2 Å². The Morgan fingerprint density at radius 1 is 1.11 bits per heavy atom. The molecule has 1 fully saturated rings. The number of hydrogen-bond acceptors (Lipinski definition) is 7. The normalized spacial score (nSPS) is 14.9. The summed E-state index contributed by atoms with van der Waals surface area (Å²) in [5, 5.41) is 15.5. The molecule has 9 nitrogen and oxygen atoms in total. The van der Waals surface area contributed by atoms with E-state index in [9.17, 15) is 4.79 Å². The number of rotatable bonds is 5. The van der Waals surface area contributed by atoms with Crippen LogP contribution < -0.4 is 10.2 Å². The Kier molecular flexibility index (Phi) is 4.99. The van der Waals surface area contributed by atoms with Crippen molar-refractivity contribution < 1.29 is 4.79 Å². The Morgan fingerprint density at radius 3 is 2.59 bits per heavy atom. The summed E-state index contributed by atoms with van der Waals surface area (Å²) >= 11 is 0. The largest absolute Gasteiger partial charge is 0.355 e. The number of piperidine rings is 1. The number of aromatic nitrogens is 6. The van der Waals surface area contributed by atoms with E-state index in [-0.39, 0.29) is 11.8 Å². The zero-order valence-corrected chi connectivity index (χ0v) is 14.8. The first-order valence-electron chi connectivity index (χ1n) is 8.91. The Bertz CT molecular complexity index is 858. The summed E-state index contributed by atoms with van der Waals surface area (Å²) in [6, 6.07) is 9.48. The number of hydrogen-bond donors (Lipinski definition) is 1. The molecular weight excluding hydrogens is 344 g/mol. The highest BCUT2D eigenvalue weighted by atomic mass is 16.1. The molecule has 0 atom stereocenters. The van der Waals surface area contributed by atoms with E-state index in [1.165, 1.54) is 6.33 Å². The maximum atomic E-state index is 12.4. The molecule has 0 aliphatic carbocycles. The molecule has 4 heterocycles. The zero-order chi connectivity index (χ0) is 18.5. The summed E-state index contributed by atoms with van der Waals surface area (Å²) in [4.78, 5) is 22.7. The molecular formula is C18H20N8O. The van der Waals surface area contributed by atoms with E-state index in [1.54, 1.807) is 17.2 Å². The highest BCUT2D eigenvalue weighted by Crippen LogP contribution is 2.22. The third-order valence-electron chi connectivity index (χ3n) is 4.65. The highest BCUT2D eigenvalue weighted by Gasteiger charge is 2.25. The number of nitrogens with zero attached hydrogens (tertiary/aromatic N) is 7. The van der Waals surface area contributed by atoms with Gasteiger partial charge in [0.2, 0.25) is 5.91 Å². The molecule has 0 bridgehead atoms. The van der Waals surface area contributed by atoms with Crippen molar-refractivity contribution in [2.75, 3.05) is 18.0 Å². The molecule has 27 heavy (non-hydrogen) atoms. The van der Waals surface area contributed by atoms with Crippen molar-refractivity contribution in [3.63, 3.8) is 0 Å². The second-order valence-corrected chi connectivity index (χ2v) is 6.39. The molecule has 1 aliphatic heterocycles. The standard InChI is InChI=1S/C18H20N8O/c27-18(21-11-15-3-1-2-8-20-15)14-6-9-25(10-7-14)16-4-5-17(24-23-16)26-13-19-12-22-26/h1-5,8,12-14H,6-7,9-11H2,(H,21,27). The minimum Gasteiger partial charge on any atom is -0.355 e. The lowest BCUT2D eigenvalue weighted by molar-refractivity contribution is -0.125. The molecule has 0 radical (unpaired) electrons. The number of carbonyl (C=O) groups excluding carboxylic acids is 1. The monoisotopic (exact) mass is 364 g/mol. The van der Waals surface area contributed by atoms with Gasteiger partial charge < -0.3 is 10.2 Å². The van der Waals surface area contributed by atoms with E-state index < -0.39 is 0 Å². The molecule has 4 rings (SSSR count). The molecule has 0 aromatic carbocycles. The smallest absolute Gasteiger partial charge is 0.223 e. The highest BCUT2D eigenvalue weighted by molar-refractivity contribution is 5.78. The predicted molar refractivity (Wildman–Crippen MR) is 98.0 cm³/mol. The van der Waals surface area contributed by atoms with Gasteiger partial charge in [-0.05, 0) is 37.1 Å². The molecule has 0 unspecified atom stereocenters. The molecule has 1 N–H and O–H groups in total. The van der Waals surface area contributed by atoms with Crippen LogP contribution in [0.3, 0.4) is 0 Å². The fourth-order valence-corrected chi connectivity index (χ4v) is 3.13. The molecule has 138 valence electrons. The average molecular weight is 364 g/mol. The topological polar surface area (TPSA) is 102 Å². The van der Waals surface area contributed by atoms with Crippen molar-refractivity contribution in [3.8, 4) is 5.82 Å². The van der Waals surface area contributed by atoms with Gasteiger partial charge in [0.1, 0.15) is 12.7 Å². The summed E-state index contributed by atoms with van der Waals surface area (Å²) in [6.07, 6.45) is 6.36. The second-order valence-electron chi connectivity index (χ2n) is 6.39. The minimum absolute atomic E-state index is 0.0207. The van der Waals surface area contributed by atoms with E-state index >= 15 is 0 Å². The number of amides is 1. The van der Waals surface area contributed by atoms with Gasteiger partial charge in [-0.2, -0.15) is 5.10 Å². The van der Waals surface area contributed by atoms with Gasteiger partial charge in [-0.3, -0.25) is 9.78 Å². The van der Waals surface area contributed by atoms with Crippen LogP contribution in [0.4, 0.5) is 5.82 Å². The van der Waals surface area contributed by atoms with Gasteiger partial charge in [0.25, 0.3) is 0 Å². The first-order valence-corrected chi connectivity index (χ1v) is 8.91. The van der Waals surface area contributed by atoms with Gasteiger partial charge in [0.15, 0.2) is 11.6 Å². The lowest BCUT2D eigenvalue weighted by Crippen LogP contribution is -2.40. The third kappa shape index (κ3) is 4.08. The predicted octanol–water partition coefficient (Wildman–Crippen LogP) is 0.985. The molecule has 3 aromatic heterocycles. The van der Waals surface area contributed by atoms with Crippen LogP contribution in [0.25, 0.3) is 5.82 Å². The summed E-state index contributed by atoms with van der Waals surface area (Å²) in [6.45, 7) is 2.02. The first kappa shape index (κ1) is 17.1. The van der Waals surface area contributed by atoms with Crippen molar-refractivity contribution in [2.24, 2.45) is 5.92 Å². The second kappa shape index (κ2) is 7.90. The lowest BCUT2D eigenvalue weighted by Gasteiger charge is -2.31. The van der Waals surface area contributed by atoms with Gasteiger partial charge in [-0.15, -0.1) is 10.2 Å². The molecule has 1 saturated heterocycles. The molecule has 1 amide bonds. The van der Waals surface area contributed by atoms with Crippen molar-refractivity contribution >= 4 is 11.7 Å². The van der Waals surface area contributed by atoms with Crippen LogP contribution >= 0.6 is 0 Å². The number of pyridine rings is 1. The Labute approximate surface area is 156 Å². The van der Waals surface area contributed by atoms with Crippen molar-refractivity contribution in [3.05, 3.63) is 54.9 Å².